The Bertz CT molecular complexity index is 952. The third-order valence-corrected chi connectivity index (χ3v) is 5.91. The number of aromatic nitrogens is 1. The van der Waals surface area contributed by atoms with E-state index >= 15 is 0 Å². The van der Waals surface area contributed by atoms with Gasteiger partial charge in [0.25, 0.3) is 5.91 Å². The second-order valence-electron chi connectivity index (χ2n) is 7.54. The van der Waals surface area contributed by atoms with Crippen molar-refractivity contribution < 1.29 is 36.6 Å². The van der Waals surface area contributed by atoms with Crippen LogP contribution in [-0.4, -0.2) is 53.5 Å². The molecule has 1 heterocycles. The molecule has 6 nitrogen and oxygen atoms in total. The van der Waals surface area contributed by atoms with Crippen LogP contribution in [0, 0.1) is 0 Å². The SMILES string of the molecule is O=C(NC1CCC(NC(CO)C(F)(F)F)CC1)c1cnc2cc(OC(F)F)c(Br)cc2c1. The number of hydrogen-bond acceptors (Lipinski definition) is 5. The van der Waals surface area contributed by atoms with Crippen LogP contribution in [0.3, 0.4) is 0 Å². The molecule has 1 amide bonds. The van der Waals surface area contributed by atoms with Gasteiger partial charge in [0.15, 0.2) is 0 Å². The number of carbonyl (C=O) groups is 1. The minimum absolute atomic E-state index is 0.0727. The van der Waals surface area contributed by atoms with Crippen molar-refractivity contribution in [1.29, 1.82) is 0 Å². The van der Waals surface area contributed by atoms with Gasteiger partial charge in [0.05, 0.1) is 22.2 Å². The lowest BCUT2D eigenvalue weighted by Crippen LogP contribution is -2.51. The minimum Gasteiger partial charge on any atom is -0.434 e. The third-order valence-electron chi connectivity index (χ3n) is 5.29. The molecule has 1 fully saturated rings. The molecule has 1 aromatic heterocycles. The van der Waals surface area contributed by atoms with Gasteiger partial charge < -0.3 is 20.5 Å². The van der Waals surface area contributed by atoms with Gasteiger partial charge in [-0.1, -0.05) is 0 Å². The quantitative estimate of drug-likeness (QED) is 0.473. The van der Waals surface area contributed by atoms with Crippen molar-refractivity contribution in [1.82, 2.24) is 15.6 Å². The molecule has 1 aliphatic carbocycles. The summed E-state index contributed by atoms with van der Waals surface area (Å²) in [5.41, 5.74) is 0.639. The first-order chi connectivity index (χ1) is 15.1. The molecule has 1 unspecified atom stereocenters. The summed E-state index contributed by atoms with van der Waals surface area (Å²) >= 11 is 3.15. The van der Waals surface area contributed by atoms with E-state index < -0.39 is 31.5 Å². The molecular formula is C20H21BrF5N3O3. The van der Waals surface area contributed by atoms with Crippen LogP contribution in [-0.2, 0) is 0 Å². The monoisotopic (exact) mass is 525 g/mol. The molecule has 1 saturated carbocycles. The predicted molar refractivity (Wildman–Crippen MR) is 110 cm³/mol. The molecule has 2 aromatic rings. The zero-order chi connectivity index (χ0) is 23.5. The van der Waals surface area contributed by atoms with Crippen molar-refractivity contribution in [3.63, 3.8) is 0 Å². The molecule has 1 aromatic carbocycles. The lowest BCUT2D eigenvalue weighted by Gasteiger charge is -2.32. The standard InChI is InChI=1S/C20H21BrF5N3O3/c21-14-6-10-5-11(8-27-15(10)7-16(14)32-19(22)23)18(31)29-13-3-1-12(2-4-13)28-17(9-30)20(24,25)26/h5-8,12-13,17,19,28,30H,1-4,9H2,(H,29,31). The molecular weight excluding hydrogens is 505 g/mol. The molecule has 176 valence electrons. The molecule has 0 bridgehead atoms. The van der Waals surface area contributed by atoms with Gasteiger partial charge in [-0.15, -0.1) is 0 Å². The number of nitrogens with zero attached hydrogens (tertiary/aromatic N) is 1. The lowest BCUT2D eigenvalue weighted by atomic mass is 9.90. The number of rotatable bonds is 7. The number of aliphatic hydroxyl groups is 1. The highest BCUT2D eigenvalue weighted by atomic mass is 79.9. The number of pyridine rings is 1. The van der Waals surface area contributed by atoms with Crippen LogP contribution < -0.4 is 15.4 Å². The van der Waals surface area contributed by atoms with E-state index in [9.17, 15) is 26.7 Å². The molecule has 32 heavy (non-hydrogen) atoms. The first-order valence-electron chi connectivity index (χ1n) is 9.85. The number of hydrogen-bond donors (Lipinski definition) is 3. The zero-order valence-electron chi connectivity index (χ0n) is 16.6. The van der Waals surface area contributed by atoms with Crippen molar-refractivity contribution in [2.45, 2.75) is 56.6 Å². The molecule has 1 aliphatic rings. The zero-order valence-corrected chi connectivity index (χ0v) is 18.2. The number of amides is 1. The Balaban J connectivity index is 1.59. The Morgan fingerprint density at radius 3 is 2.44 bits per heavy atom. The molecule has 0 saturated heterocycles. The Morgan fingerprint density at radius 1 is 1.19 bits per heavy atom. The van der Waals surface area contributed by atoms with E-state index in [0.717, 1.165) is 0 Å². The maximum atomic E-state index is 12.8. The molecule has 3 N–H and O–H groups in total. The van der Waals surface area contributed by atoms with E-state index in [-0.39, 0.29) is 27.7 Å². The molecule has 0 spiro atoms. The first kappa shape index (κ1) is 24.6. The van der Waals surface area contributed by atoms with Crippen LogP contribution >= 0.6 is 15.9 Å². The van der Waals surface area contributed by atoms with E-state index in [4.69, 9.17) is 5.11 Å². The molecule has 12 heteroatoms. The van der Waals surface area contributed by atoms with Crippen molar-refractivity contribution in [2.75, 3.05) is 6.61 Å². The van der Waals surface area contributed by atoms with Crippen LogP contribution in [0.25, 0.3) is 10.9 Å². The fourth-order valence-electron chi connectivity index (χ4n) is 3.65. The van der Waals surface area contributed by atoms with Gasteiger partial charge in [0.2, 0.25) is 0 Å². The van der Waals surface area contributed by atoms with Crippen molar-refractivity contribution in [3.8, 4) is 5.75 Å². The van der Waals surface area contributed by atoms with Gasteiger partial charge in [0.1, 0.15) is 11.8 Å². The average molecular weight is 526 g/mol. The highest BCUT2D eigenvalue weighted by Gasteiger charge is 2.40. The predicted octanol–water partition coefficient (Wildman–Crippen LogP) is 4.15. The van der Waals surface area contributed by atoms with Crippen molar-refractivity contribution in [2.24, 2.45) is 0 Å². The smallest absolute Gasteiger partial charge is 0.406 e. The third kappa shape index (κ3) is 6.26. The summed E-state index contributed by atoms with van der Waals surface area (Å²) in [6.45, 7) is -4.01. The van der Waals surface area contributed by atoms with E-state index in [1.54, 1.807) is 6.07 Å². The number of benzene rings is 1. The number of halogens is 6. The van der Waals surface area contributed by atoms with Crippen LogP contribution in [0.15, 0.2) is 28.9 Å². The summed E-state index contributed by atoms with van der Waals surface area (Å²) < 4.78 is 68.0. The van der Waals surface area contributed by atoms with E-state index in [1.165, 1.54) is 18.3 Å². The van der Waals surface area contributed by atoms with Crippen LogP contribution in [0.5, 0.6) is 5.75 Å². The summed E-state index contributed by atoms with van der Waals surface area (Å²) in [7, 11) is 0. The summed E-state index contributed by atoms with van der Waals surface area (Å²) in [5, 5.41) is 14.8. The Kier molecular flexibility index (Phi) is 7.88. The molecule has 3 rings (SSSR count). The van der Waals surface area contributed by atoms with Gasteiger partial charge >= 0.3 is 12.8 Å². The van der Waals surface area contributed by atoms with Gasteiger partial charge in [-0.05, 0) is 53.7 Å². The maximum absolute atomic E-state index is 12.8. The average Bonchev–Trinajstić information content (AvgIpc) is 2.72. The number of alkyl halides is 5. The number of nitrogens with one attached hydrogen (secondary N) is 2. The highest BCUT2D eigenvalue weighted by molar-refractivity contribution is 9.10. The van der Waals surface area contributed by atoms with E-state index in [0.29, 0.717) is 36.6 Å². The summed E-state index contributed by atoms with van der Waals surface area (Å²) in [6.07, 6.45) is -1.38. The molecule has 1 atom stereocenters. The van der Waals surface area contributed by atoms with Crippen molar-refractivity contribution >= 4 is 32.7 Å². The minimum atomic E-state index is -4.52. The summed E-state index contributed by atoms with van der Waals surface area (Å²) in [5.74, 6) is -0.458. The van der Waals surface area contributed by atoms with Crippen LogP contribution in [0.2, 0.25) is 0 Å². The van der Waals surface area contributed by atoms with Gasteiger partial charge in [-0.2, -0.15) is 22.0 Å². The largest absolute Gasteiger partial charge is 0.434 e. The Morgan fingerprint density at radius 2 is 1.84 bits per heavy atom. The maximum Gasteiger partial charge on any atom is 0.406 e. The number of fused-ring (bicyclic) bond motifs is 1. The van der Waals surface area contributed by atoms with E-state index in [1.807, 2.05) is 0 Å². The lowest BCUT2D eigenvalue weighted by molar-refractivity contribution is -0.166. The fraction of sp³-hybridized carbons (Fsp3) is 0.500. The van der Waals surface area contributed by atoms with Gasteiger partial charge in [0, 0.05) is 29.7 Å². The fourth-order valence-corrected chi connectivity index (χ4v) is 4.10. The van der Waals surface area contributed by atoms with Gasteiger partial charge in [-0.25, -0.2) is 0 Å². The number of carbonyl (C=O) groups excluding carboxylic acids is 1. The van der Waals surface area contributed by atoms with E-state index in [2.05, 4.69) is 36.3 Å². The number of aliphatic hydroxyl groups excluding tert-OH is 1. The first-order valence-corrected chi connectivity index (χ1v) is 10.6. The van der Waals surface area contributed by atoms with Crippen LogP contribution in [0.4, 0.5) is 22.0 Å². The Hall–Kier alpha value is -2.05. The number of ether oxygens (including phenoxy) is 1. The van der Waals surface area contributed by atoms with Gasteiger partial charge in [-0.3, -0.25) is 9.78 Å². The second kappa shape index (κ2) is 10.3. The molecule has 0 radical (unpaired) electrons. The topological polar surface area (TPSA) is 83.5 Å². The normalized spacial score (nSPS) is 20.4. The second-order valence-corrected chi connectivity index (χ2v) is 8.40. The summed E-state index contributed by atoms with van der Waals surface area (Å²) in [6, 6.07) is 1.85. The summed E-state index contributed by atoms with van der Waals surface area (Å²) in [4.78, 5) is 16.7. The van der Waals surface area contributed by atoms with Crippen molar-refractivity contribution in [3.05, 3.63) is 34.4 Å². The van der Waals surface area contributed by atoms with Crippen LogP contribution in [0.1, 0.15) is 36.0 Å². The molecule has 0 aliphatic heterocycles. The highest BCUT2D eigenvalue weighted by Crippen LogP contribution is 2.31. The Labute approximate surface area is 188 Å².